The van der Waals surface area contributed by atoms with Crippen LogP contribution in [0.4, 0.5) is 0 Å². The van der Waals surface area contributed by atoms with Crippen molar-refractivity contribution in [3.63, 3.8) is 0 Å². The molecule has 2 atom stereocenters. The number of carbonyl (C=O) groups excluding carboxylic acids is 2. The maximum atomic E-state index is 12.4. The van der Waals surface area contributed by atoms with Crippen LogP contribution in [0, 0.1) is 0 Å². The number of hydrogen-bond acceptors (Lipinski definition) is 7. The van der Waals surface area contributed by atoms with Crippen molar-refractivity contribution in [2.45, 2.75) is 174 Å². The van der Waals surface area contributed by atoms with Crippen molar-refractivity contribution in [3.05, 3.63) is 60.8 Å². The zero-order valence-corrected chi connectivity index (χ0v) is 32.7. The van der Waals surface area contributed by atoms with E-state index in [1.165, 1.54) is 51.4 Å². The average molecular weight is 739 g/mol. The van der Waals surface area contributed by atoms with E-state index in [0.717, 1.165) is 64.2 Å². The van der Waals surface area contributed by atoms with Gasteiger partial charge in [0.2, 0.25) is 0 Å². The predicted molar refractivity (Wildman–Crippen MR) is 208 cm³/mol. The SMILES string of the molecule is CCCCCC/C=C\CCCCCCCCCC(=O)O[C@H](COC(=O)CCC/C=C\C/C=C\C/C=C\C/C=C\CCC[C@@H](C)O)COP(=O)(O)O. The molecule has 0 saturated heterocycles. The number of esters is 2. The Kier molecular flexibility index (Phi) is 34.5. The van der Waals surface area contributed by atoms with E-state index < -0.39 is 32.5 Å². The largest absolute Gasteiger partial charge is 0.469 e. The Balaban J connectivity index is 4.07. The molecule has 0 aliphatic heterocycles. The highest BCUT2D eigenvalue weighted by molar-refractivity contribution is 7.46. The molecule has 0 aromatic heterocycles. The van der Waals surface area contributed by atoms with Crippen molar-refractivity contribution in [2.24, 2.45) is 0 Å². The molecule has 0 fully saturated rings. The van der Waals surface area contributed by atoms with Crippen molar-refractivity contribution in [1.29, 1.82) is 0 Å². The highest BCUT2D eigenvalue weighted by atomic mass is 31.2. The first kappa shape index (κ1) is 48.7. The second kappa shape index (κ2) is 36.1. The summed E-state index contributed by atoms with van der Waals surface area (Å²) in [6.07, 6.45) is 42.2. The van der Waals surface area contributed by atoms with Gasteiger partial charge in [0.15, 0.2) is 6.10 Å². The van der Waals surface area contributed by atoms with Gasteiger partial charge in [0, 0.05) is 12.8 Å². The minimum Gasteiger partial charge on any atom is -0.462 e. The number of phosphoric ester groups is 1. The Hall–Kier alpha value is -2.29. The molecule has 0 amide bonds. The number of unbranched alkanes of at least 4 members (excludes halogenated alkanes) is 13. The fourth-order valence-electron chi connectivity index (χ4n) is 5.08. The molecule has 51 heavy (non-hydrogen) atoms. The number of hydrogen-bond donors (Lipinski definition) is 3. The van der Waals surface area contributed by atoms with Crippen LogP contribution in [0.25, 0.3) is 0 Å². The van der Waals surface area contributed by atoms with Crippen molar-refractivity contribution >= 4 is 19.8 Å². The van der Waals surface area contributed by atoms with Gasteiger partial charge in [-0.25, -0.2) is 4.57 Å². The van der Waals surface area contributed by atoms with E-state index in [9.17, 15) is 19.3 Å². The number of aliphatic hydroxyl groups is 1. The summed E-state index contributed by atoms with van der Waals surface area (Å²) >= 11 is 0. The van der Waals surface area contributed by atoms with Crippen LogP contribution >= 0.6 is 7.82 Å². The smallest absolute Gasteiger partial charge is 0.462 e. The van der Waals surface area contributed by atoms with Gasteiger partial charge in [-0.1, -0.05) is 119 Å². The summed E-state index contributed by atoms with van der Waals surface area (Å²) in [6, 6.07) is 0. The van der Waals surface area contributed by atoms with Crippen molar-refractivity contribution in [2.75, 3.05) is 13.2 Å². The molecule has 0 spiro atoms. The third kappa shape index (κ3) is 40.3. The monoisotopic (exact) mass is 738 g/mol. The molecule has 9 nitrogen and oxygen atoms in total. The zero-order chi connectivity index (χ0) is 37.7. The highest BCUT2D eigenvalue weighted by Gasteiger charge is 2.22. The lowest BCUT2D eigenvalue weighted by Gasteiger charge is -2.18. The summed E-state index contributed by atoms with van der Waals surface area (Å²) in [6.45, 7) is 3.16. The number of ether oxygens (including phenoxy) is 2. The fraction of sp³-hybridized carbons (Fsp3) is 0.707. The first-order chi connectivity index (χ1) is 24.6. The van der Waals surface area contributed by atoms with Crippen LogP contribution in [0.2, 0.25) is 0 Å². The van der Waals surface area contributed by atoms with Gasteiger partial charge in [-0.3, -0.25) is 14.1 Å². The van der Waals surface area contributed by atoms with E-state index in [1.54, 1.807) is 0 Å². The summed E-state index contributed by atoms with van der Waals surface area (Å²) in [5.74, 6) is -0.976. The summed E-state index contributed by atoms with van der Waals surface area (Å²) in [4.78, 5) is 42.7. The van der Waals surface area contributed by atoms with Crippen LogP contribution in [0.15, 0.2) is 60.8 Å². The maximum absolute atomic E-state index is 12.4. The third-order valence-electron chi connectivity index (χ3n) is 8.03. The van der Waals surface area contributed by atoms with Gasteiger partial charge in [0.25, 0.3) is 0 Å². The number of allylic oxidation sites excluding steroid dienone is 10. The molecule has 0 heterocycles. The molecule has 0 bridgehead atoms. The van der Waals surface area contributed by atoms with Gasteiger partial charge < -0.3 is 24.4 Å². The predicted octanol–water partition coefficient (Wildman–Crippen LogP) is 10.7. The molecule has 10 heteroatoms. The summed E-state index contributed by atoms with van der Waals surface area (Å²) < 4.78 is 26.3. The second-order valence-corrected chi connectivity index (χ2v) is 14.4. The lowest BCUT2D eigenvalue weighted by Crippen LogP contribution is -2.29. The van der Waals surface area contributed by atoms with Crippen LogP contribution in [0.5, 0.6) is 0 Å². The van der Waals surface area contributed by atoms with Crippen molar-refractivity contribution in [1.82, 2.24) is 0 Å². The minimum absolute atomic E-state index is 0.176. The zero-order valence-electron chi connectivity index (χ0n) is 31.8. The molecule has 0 aliphatic rings. The topological polar surface area (TPSA) is 140 Å². The van der Waals surface area contributed by atoms with E-state index >= 15 is 0 Å². The Morgan fingerprint density at radius 2 is 1.04 bits per heavy atom. The van der Waals surface area contributed by atoms with Crippen LogP contribution in [0.1, 0.15) is 162 Å². The standard InChI is InChI=1S/C41H71O9P/c1-3-4-5-6-7-8-9-10-12-17-20-23-26-29-32-35-41(44)50-39(37-49-51(45,46)47)36-48-40(43)34-31-28-25-22-19-16-14-11-13-15-18-21-24-27-30-33-38(2)42/h8-9,13-16,21-22,24-25,38-39,42H,3-7,10-12,17-20,23,26-37H2,1-2H3,(H2,45,46,47)/b9-8-,15-13-,16-14-,24-21-,25-22-/t38-,39-/m1/s1. The molecule has 0 aromatic rings. The highest BCUT2D eigenvalue weighted by Crippen LogP contribution is 2.36. The number of carbonyl (C=O) groups is 2. The summed E-state index contributed by atoms with van der Waals surface area (Å²) in [7, 11) is -4.77. The first-order valence-electron chi connectivity index (χ1n) is 19.6. The Bertz CT molecular complexity index is 1030. The van der Waals surface area contributed by atoms with Crippen LogP contribution < -0.4 is 0 Å². The van der Waals surface area contributed by atoms with Gasteiger partial charge in [-0.05, 0) is 90.4 Å². The molecule has 0 radical (unpaired) electrons. The molecule has 0 aliphatic carbocycles. The minimum atomic E-state index is -4.77. The second-order valence-electron chi connectivity index (χ2n) is 13.2. The Morgan fingerprint density at radius 1 is 0.588 bits per heavy atom. The molecule has 0 unspecified atom stereocenters. The normalized spacial score (nSPS) is 13.7. The maximum Gasteiger partial charge on any atom is 0.469 e. The first-order valence-corrected chi connectivity index (χ1v) is 21.1. The third-order valence-corrected chi connectivity index (χ3v) is 8.51. The summed E-state index contributed by atoms with van der Waals surface area (Å²) in [5, 5.41) is 9.24. The van der Waals surface area contributed by atoms with Gasteiger partial charge >= 0.3 is 19.8 Å². The lowest BCUT2D eigenvalue weighted by atomic mass is 10.1. The van der Waals surface area contributed by atoms with E-state index in [4.69, 9.17) is 19.3 Å². The Morgan fingerprint density at radius 3 is 1.59 bits per heavy atom. The molecule has 294 valence electrons. The lowest BCUT2D eigenvalue weighted by molar-refractivity contribution is -0.161. The van der Waals surface area contributed by atoms with Gasteiger partial charge in [0.05, 0.1) is 12.7 Å². The van der Waals surface area contributed by atoms with E-state index in [2.05, 4.69) is 60.1 Å². The molecule has 0 rings (SSSR count). The molecule has 3 N–H and O–H groups in total. The van der Waals surface area contributed by atoms with E-state index in [-0.39, 0.29) is 25.6 Å². The van der Waals surface area contributed by atoms with Crippen molar-refractivity contribution in [3.8, 4) is 0 Å². The molecule has 0 saturated carbocycles. The number of rotatable bonds is 35. The average Bonchev–Trinajstić information content (AvgIpc) is 3.08. The summed E-state index contributed by atoms with van der Waals surface area (Å²) in [5.41, 5.74) is 0. The quantitative estimate of drug-likeness (QED) is 0.0251. The van der Waals surface area contributed by atoms with Crippen molar-refractivity contribution < 1.29 is 43.0 Å². The van der Waals surface area contributed by atoms with E-state index in [0.29, 0.717) is 19.3 Å². The van der Waals surface area contributed by atoms with E-state index in [1.807, 2.05) is 19.1 Å². The molecule has 0 aromatic carbocycles. The van der Waals surface area contributed by atoms with Crippen LogP contribution in [-0.2, 0) is 28.2 Å². The molecular formula is C41H71O9P. The van der Waals surface area contributed by atoms with Gasteiger partial charge in [0.1, 0.15) is 6.61 Å². The fourth-order valence-corrected chi connectivity index (χ4v) is 5.44. The number of phosphoric acid groups is 1. The van der Waals surface area contributed by atoms with Gasteiger partial charge in [-0.2, -0.15) is 0 Å². The van der Waals surface area contributed by atoms with Gasteiger partial charge in [-0.15, -0.1) is 0 Å². The Labute approximate surface area is 309 Å². The van der Waals surface area contributed by atoms with Crippen LogP contribution in [0.3, 0.4) is 0 Å². The molecular weight excluding hydrogens is 667 g/mol. The number of aliphatic hydroxyl groups excluding tert-OH is 1. The van der Waals surface area contributed by atoms with Crippen LogP contribution in [-0.4, -0.2) is 52.3 Å².